The number of alkyl halides is 3. The van der Waals surface area contributed by atoms with Crippen LogP contribution < -0.4 is 4.74 Å². The molecule has 0 spiro atoms. The summed E-state index contributed by atoms with van der Waals surface area (Å²) in [5, 5.41) is -0.396. The van der Waals surface area contributed by atoms with E-state index in [4.69, 9.17) is 11.6 Å². The van der Waals surface area contributed by atoms with Crippen molar-refractivity contribution in [2.75, 3.05) is 0 Å². The maximum atomic E-state index is 12.3. The molecule has 4 heteroatoms. The third-order valence-corrected chi connectivity index (χ3v) is 3.84. The molecule has 21 heavy (non-hydrogen) atoms. The fraction of sp³-hybridized carbons (Fsp3) is 0.294. The summed E-state index contributed by atoms with van der Waals surface area (Å²) in [6.07, 6.45) is 0. The molecule has 2 aromatic carbocycles. The zero-order chi connectivity index (χ0) is 15.6. The Morgan fingerprint density at radius 2 is 1.62 bits per heavy atom. The molecule has 0 N–H and O–H groups in total. The van der Waals surface area contributed by atoms with Crippen molar-refractivity contribution in [3.63, 3.8) is 0 Å². The van der Waals surface area contributed by atoms with Gasteiger partial charge in [0.25, 0.3) is 0 Å². The fourth-order valence-corrected chi connectivity index (χ4v) is 3.09. The van der Waals surface area contributed by atoms with Crippen LogP contribution in [-0.2, 0) is 0 Å². The third kappa shape index (κ3) is 3.73. The first kappa shape index (κ1) is 15.8. The summed E-state index contributed by atoms with van der Waals surface area (Å²) in [6, 6.07) is 10.7. The lowest BCUT2D eigenvalue weighted by molar-refractivity contribution is -0.0498. The molecule has 0 saturated heterocycles. The van der Waals surface area contributed by atoms with Gasteiger partial charge in [0.05, 0.1) is 5.38 Å². The molecule has 0 fully saturated rings. The molecule has 2 aromatic rings. The SMILES string of the molecule is Cc1cc(C)c(C(Cl)c2cccc(OC(F)F)c2)c(C)c1. The second kappa shape index (κ2) is 6.44. The first-order chi connectivity index (χ1) is 9.88. The number of ether oxygens (including phenoxy) is 1. The summed E-state index contributed by atoms with van der Waals surface area (Å²) >= 11 is 6.56. The highest BCUT2D eigenvalue weighted by molar-refractivity contribution is 6.22. The van der Waals surface area contributed by atoms with Crippen LogP contribution in [0, 0.1) is 20.8 Å². The van der Waals surface area contributed by atoms with E-state index in [2.05, 4.69) is 16.9 Å². The van der Waals surface area contributed by atoms with Gasteiger partial charge in [-0.3, -0.25) is 0 Å². The van der Waals surface area contributed by atoms with E-state index in [9.17, 15) is 8.78 Å². The molecule has 2 rings (SSSR count). The van der Waals surface area contributed by atoms with Crippen molar-refractivity contribution in [1.82, 2.24) is 0 Å². The zero-order valence-electron chi connectivity index (χ0n) is 12.2. The lowest BCUT2D eigenvalue weighted by Gasteiger charge is -2.18. The minimum absolute atomic E-state index is 0.121. The van der Waals surface area contributed by atoms with E-state index in [1.807, 2.05) is 26.8 Å². The van der Waals surface area contributed by atoms with Crippen LogP contribution in [0.5, 0.6) is 5.75 Å². The Balaban J connectivity index is 2.38. The Morgan fingerprint density at radius 3 is 2.19 bits per heavy atom. The van der Waals surface area contributed by atoms with Gasteiger partial charge in [0, 0.05) is 0 Å². The number of rotatable bonds is 4. The summed E-state index contributed by atoms with van der Waals surface area (Å²) in [5.74, 6) is 0.121. The summed E-state index contributed by atoms with van der Waals surface area (Å²) in [5.41, 5.74) is 5.11. The molecule has 0 heterocycles. The van der Waals surface area contributed by atoms with E-state index in [0.717, 1.165) is 22.3 Å². The highest BCUT2D eigenvalue weighted by atomic mass is 35.5. The van der Waals surface area contributed by atoms with Crippen molar-refractivity contribution >= 4 is 11.6 Å². The van der Waals surface area contributed by atoms with E-state index in [0.29, 0.717) is 0 Å². The molecule has 0 saturated carbocycles. The third-order valence-electron chi connectivity index (χ3n) is 3.37. The normalized spacial score (nSPS) is 12.5. The Kier molecular flexibility index (Phi) is 4.84. The number of hydrogen-bond donors (Lipinski definition) is 0. The Bertz CT molecular complexity index is 617. The van der Waals surface area contributed by atoms with E-state index in [1.54, 1.807) is 12.1 Å². The summed E-state index contributed by atoms with van der Waals surface area (Å²) in [4.78, 5) is 0. The molecule has 0 aliphatic rings. The van der Waals surface area contributed by atoms with E-state index in [1.165, 1.54) is 11.6 Å². The van der Waals surface area contributed by atoms with E-state index >= 15 is 0 Å². The van der Waals surface area contributed by atoms with Crippen molar-refractivity contribution in [2.45, 2.75) is 32.8 Å². The smallest absolute Gasteiger partial charge is 0.387 e. The standard InChI is InChI=1S/C17H17ClF2O/c1-10-7-11(2)15(12(3)8-10)16(18)13-5-4-6-14(9-13)21-17(19)20/h4-9,16-17H,1-3H3. The molecule has 0 bridgehead atoms. The summed E-state index contributed by atoms with van der Waals surface area (Å²) in [6.45, 7) is 3.20. The largest absolute Gasteiger partial charge is 0.435 e. The van der Waals surface area contributed by atoms with Gasteiger partial charge in [0.1, 0.15) is 5.75 Å². The van der Waals surface area contributed by atoms with Gasteiger partial charge < -0.3 is 4.74 Å². The van der Waals surface area contributed by atoms with Gasteiger partial charge in [0.15, 0.2) is 0 Å². The zero-order valence-corrected chi connectivity index (χ0v) is 12.9. The molecule has 0 amide bonds. The number of benzene rings is 2. The maximum absolute atomic E-state index is 12.3. The molecule has 112 valence electrons. The lowest BCUT2D eigenvalue weighted by Crippen LogP contribution is -2.04. The van der Waals surface area contributed by atoms with Gasteiger partial charge in [0.2, 0.25) is 0 Å². The topological polar surface area (TPSA) is 9.23 Å². The van der Waals surface area contributed by atoms with Gasteiger partial charge in [-0.2, -0.15) is 8.78 Å². The van der Waals surface area contributed by atoms with Gasteiger partial charge >= 0.3 is 6.61 Å². The predicted molar refractivity (Wildman–Crippen MR) is 81.4 cm³/mol. The van der Waals surface area contributed by atoms with Crippen LogP contribution in [0.25, 0.3) is 0 Å². The quantitative estimate of drug-likeness (QED) is 0.673. The van der Waals surface area contributed by atoms with Crippen LogP contribution in [0.4, 0.5) is 8.78 Å². The summed E-state index contributed by atoms with van der Waals surface area (Å²) < 4.78 is 29.0. The van der Waals surface area contributed by atoms with Crippen molar-refractivity contribution in [3.8, 4) is 5.75 Å². The molecule has 1 unspecified atom stereocenters. The average molecular weight is 311 g/mol. The van der Waals surface area contributed by atoms with Crippen molar-refractivity contribution in [1.29, 1.82) is 0 Å². The molecule has 0 radical (unpaired) electrons. The van der Waals surface area contributed by atoms with Gasteiger partial charge in [-0.15, -0.1) is 11.6 Å². The van der Waals surface area contributed by atoms with Crippen LogP contribution in [0.15, 0.2) is 36.4 Å². The Morgan fingerprint density at radius 1 is 1.00 bits per heavy atom. The van der Waals surface area contributed by atoms with Gasteiger partial charge in [-0.25, -0.2) is 0 Å². The van der Waals surface area contributed by atoms with Gasteiger partial charge in [-0.1, -0.05) is 29.8 Å². The van der Waals surface area contributed by atoms with Crippen LogP contribution >= 0.6 is 11.6 Å². The predicted octanol–water partition coefficient (Wildman–Crippen LogP) is 5.54. The van der Waals surface area contributed by atoms with Crippen molar-refractivity contribution in [2.24, 2.45) is 0 Å². The molecule has 0 aromatic heterocycles. The number of aryl methyl sites for hydroxylation is 3. The Hall–Kier alpha value is -1.61. The molecule has 1 nitrogen and oxygen atoms in total. The van der Waals surface area contributed by atoms with Crippen LogP contribution in [-0.4, -0.2) is 6.61 Å². The number of hydrogen-bond acceptors (Lipinski definition) is 1. The first-order valence-electron chi connectivity index (χ1n) is 6.65. The van der Waals surface area contributed by atoms with E-state index in [-0.39, 0.29) is 5.75 Å². The highest BCUT2D eigenvalue weighted by Crippen LogP contribution is 2.35. The molecular weight excluding hydrogens is 294 g/mol. The fourth-order valence-electron chi connectivity index (χ4n) is 2.61. The second-order valence-corrected chi connectivity index (χ2v) is 5.56. The van der Waals surface area contributed by atoms with Crippen LogP contribution in [0.2, 0.25) is 0 Å². The molecule has 0 aliphatic heterocycles. The van der Waals surface area contributed by atoms with Crippen molar-refractivity contribution in [3.05, 3.63) is 64.2 Å². The number of halogens is 3. The van der Waals surface area contributed by atoms with Crippen LogP contribution in [0.3, 0.4) is 0 Å². The van der Waals surface area contributed by atoms with E-state index < -0.39 is 12.0 Å². The highest BCUT2D eigenvalue weighted by Gasteiger charge is 2.17. The summed E-state index contributed by atoms with van der Waals surface area (Å²) in [7, 11) is 0. The minimum Gasteiger partial charge on any atom is -0.435 e. The van der Waals surface area contributed by atoms with Gasteiger partial charge in [-0.05, 0) is 55.2 Å². The monoisotopic (exact) mass is 310 g/mol. The maximum Gasteiger partial charge on any atom is 0.387 e. The van der Waals surface area contributed by atoms with Crippen molar-refractivity contribution < 1.29 is 13.5 Å². The molecular formula is C17H17ClF2O. The molecule has 0 aliphatic carbocycles. The second-order valence-electron chi connectivity index (χ2n) is 5.13. The van der Waals surface area contributed by atoms with Crippen LogP contribution in [0.1, 0.15) is 33.2 Å². The minimum atomic E-state index is -2.84. The molecule has 1 atom stereocenters. The average Bonchev–Trinajstić information content (AvgIpc) is 2.36. The first-order valence-corrected chi connectivity index (χ1v) is 7.08. The lowest BCUT2D eigenvalue weighted by atomic mass is 9.94. The Labute approximate surface area is 128 Å².